The summed E-state index contributed by atoms with van der Waals surface area (Å²) in [6.07, 6.45) is -0.651. The number of fused-ring (bicyclic) bond motifs is 5. The van der Waals surface area contributed by atoms with Gasteiger partial charge in [0.1, 0.15) is 22.9 Å². The molecule has 0 saturated carbocycles. The van der Waals surface area contributed by atoms with Crippen LogP contribution in [0.3, 0.4) is 0 Å². The molecule has 12 heteroatoms. The van der Waals surface area contributed by atoms with Crippen LogP contribution in [0.1, 0.15) is 40.7 Å². The van der Waals surface area contributed by atoms with Crippen LogP contribution in [0.4, 0.5) is 10.1 Å². The van der Waals surface area contributed by atoms with E-state index in [0.717, 1.165) is 0 Å². The molecule has 2 heterocycles. The van der Waals surface area contributed by atoms with E-state index < -0.39 is 87.5 Å². The minimum absolute atomic E-state index is 0.00106. The molecule has 5 aliphatic rings. The Morgan fingerprint density at radius 3 is 2.51 bits per heavy atom. The summed E-state index contributed by atoms with van der Waals surface area (Å²) < 4.78 is 16.0. The second-order valence-electron chi connectivity index (χ2n) is 10.5. The van der Waals surface area contributed by atoms with Crippen molar-refractivity contribution in [3.63, 3.8) is 0 Å². The Labute approximate surface area is 209 Å². The maximum atomic E-state index is 16.0. The topological polar surface area (TPSA) is 190 Å². The van der Waals surface area contributed by atoms with Crippen molar-refractivity contribution >= 4 is 29.1 Å². The number of amides is 2. The first-order valence-electron chi connectivity index (χ1n) is 12.0. The number of halogens is 1. The van der Waals surface area contributed by atoms with Crippen LogP contribution in [0.5, 0.6) is 5.75 Å². The summed E-state index contributed by atoms with van der Waals surface area (Å²) in [5, 5.41) is 44.9. The molecular weight excluding hydrogens is 489 g/mol. The van der Waals surface area contributed by atoms with E-state index in [-0.39, 0.29) is 61.2 Å². The van der Waals surface area contributed by atoms with Crippen molar-refractivity contribution in [2.24, 2.45) is 23.5 Å². The predicted molar refractivity (Wildman–Crippen MR) is 123 cm³/mol. The lowest BCUT2D eigenvalue weighted by molar-refractivity contribution is -0.126. The van der Waals surface area contributed by atoms with Gasteiger partial charge in [0.15, 0.2) is 17.3 Å². The number of hydrogen-bond acceptors (Lipinski definition) is 9. The van der Waals surface area contributed by atoms with Crippen molar-refractivity contribution in [2.45, 2.75) is 44.4 Å². The van der Waals surface area contributed by atoms with Crippen molar-refractivity contribution in [3.8, 4) is 5.75 Å². The van der Waals surface area contributed by atoms with Crippen molar-refractivity contribution in [1.29, 1.82) is 0 Å². The second kappa shape index (κ2) is 7.86. The number of ketones is 2. The molecule has 0 bridgehead atoms. The summed E-state index contributed by atoms with van der Waals surface area (Å²) in [7, 11) is 0. The Balaban J connectivity index is 1.47. The van der Waals surface area contributed by atoms with Crippen LogP contribution in [0.2, 0.25) is 0 Å². The monoisotopic (exact) mass is 513 g/mol. The summed E-state index contributed by atoms with van der Waals surface area (Å²) in [5.74, 6) is -8.53. The van der Waals surface area contributed by atoms with E-state index in [1.165, 1.54) is 0 Å². The van der Waals surface area contributed by atoms with E-state index in [9.17, 15) is 39.6 Å². The van der Waals surface area contributed by atoms with E-state index >= 15 is 4.39 Å². The average molecular weight is 513 g/mol. The van der Waals surface area contributed by atoms with Crippen LogP contribution in [0, 0.1) is 23.6 Å². The molecule has 0 spiro atoms. The largest absolute Gasteiger partial charge is 0.511 e. The summed E-state index contributed by atoms with van der Waals surface area (Å²) in [6.45, 7) is 0.0849. The van der Waals surface area contributed by atoms with Gasteiger partial charge in [0.2, 0.25) is 5.91 Å². The van der Waals surface area contributed by atoms with Crippen LogP contribution < -0.4 is 11.1 Å². The first-order valence-corrected chi connectivity index (χ1v) is 12.0. The normalized spacial score (nSPS) is 31.2. The van der Waals surface area contributed by atoms with Crippen molar-refractivity contribution in [2.75, 3.05) is 11.9 Å². The predicted octanol–water partition coefficient (Wildman–Crippen LogP) is 0.492. The van der Waals surface area contributed by atoms with Gasteiger partial charge in [-0.1, -0.05) is 0 Å². The third kappa shape index (κ3) is 3.18. The van der Waals surface area contributed by atoms with Crippen LogP contribution in [-0.2, 0) is 27.3 Å². The molecule has 5 atom stereocenters. The lowest BCUT2D eigenvalue weighted by Crippen LogP contribution is -2.43. The summed E-state index contributed by atoms with van der Waals surface area (Å²) in [5.41, 5.74) is 3.76. The molecule has 7 N–H and O–H groups in total. The first kappa shape index (κ1) is 23.6. The number of rotatable bonds is 1. The van der Waals surface area contributed by atoms with Crippen molar-refractivity contribution < 1.29 is 44.0 Å². The van der Waals surface area contributed by atoms with E-state index in [1.54, 1.807) is 4.90 Å². The Hall–Kier alpha value is -3.77. The molecule has 0 radical (unpaired) electrons. The van der Waals surface area contributed by atoms with Crippen LogP contribution in [0.15, 0.2) is 22.7 Å². The number of nitrogens with zero attached hydrogens (tertiary/aromatic N) is 1. The number of phenolic OH excluding ortho intramolecular Hbond substituents is 1. The Morgan fingerprint density at radius 1 is 1.08 bits per heavy atom. The standard InChI is InChI=1S/C25H24FN3O8/c26-18-10-2-7-1-8-3-13(31)17(24(27)36)22(34)15(8)20(32)14(7)21(33)16(10)23(35)19-11(18)6-29-5-9(30)4-12(29)25(37)28-19/h7-9,12,15,30-32,35H,1-6H2,(H2,27,36)(H,28,37)/t7-,8+,9-,12+,15?/m1/s1. The van der Waals surface area contributed by atoms with Gasteiger partial charge in [0, 0.05) is 36.2 Å². The van der Waals surface area contributed by atoms with Gasteiger partial charge in [0.05, 0.1) is 29.3 Å². The highest BCUT2D eigenvalue weighted by Crippen LogP contribution is 2.51. The third-order valence-corrected chi connectivity index (χ3v) is 8.38. The molecule has 1 fully saturated rings. The number of aliphatic hydroxyl groups excluding tert-OH is 3. The van der Waals surface area contributed by atoms with Crippen LogP contribution in [0.25, 0.3) is 0 Å². The van der Waals surface area contributed by atoms with Gasteiger partial charge in [-0.05, 0) is 31.1 Å². The molecular formula is C25H24FN3O8. The van der Waals surface area contributed by atoms with Crippen molar-refractivity contribution in [1.82, 2.24) is 4.90 Å². The maximum absolute atomic E-state index is 16.0. The number of nitrogens with two attached hydrogens (primary N) is 1. The molecule has 1 unspecified atom stereocenters. The molecule has 1 aromatic carbocycles. The molecule has 11 nitrogen and oxygen atoms in total. The number of allylic oxidation sites excluding steroid dienone is 3. The van der Waals surface area contributed by atoms with Crippen molar-refractivity contribution in [3.05, 3.63) is 45.2 Å². The quantitative estimate of drug-likeness (QED) is 0.229. The van der Waals surface area contributed by atoms with E-state index in [1.807, 2.05) is 0 Å². The lowest BCUT2D eigenvalue weighted by Gasteiger charge is -2.41. The van der Waals surface area contributed by atoms with E-state index in [4.69, 9.17) is 5.73 Å². The first-order chi connectivity index (χ1) is 17.5. The van der Waals surface area contributed by atoms with Gasteiger partial charge in [0.25, 0.3) is 5.91 Å². The number of benzene rings is 1. The smallest absolute Gasteiger partial charge is 0.255 e. The Bertz CT molecular complexity index is 1400. The molecule has 2 amide bonds. The van der Waals surface area contributed by atoms with E-state index in [0.29, 0.717) is 0 Å². The fourth-order valence-electron chi connectivity index (χ4n) is 6.81. The highest BCUT2D eigenvalue weighted by atomic mass is 19.1. The number of primary amides is 1. The molecule has 2 aliphatic heterocycles. The third-order valence-electron chi connectivity index (χ3n) is 8.38. The highest BCUT2D eigenvalue weighted by Gasteiger charge is 2.51. The van der Waals surface area contributed by atoms with Crippen LogP contribution in [-0.4, -0.2) is 67.4 Å². The zero-order chi connectivity index (χ0) is 26.5. The number of nitrogens with one attached hydrogen (secondary N) is 1. The zero-order valence-corrected chi connectivity index (χ0v) is 19.5. The lowest BCUT2D eigenvalue weighted by atomic mass is 9.62. The summed E-state index contributed by atoms with van der Waals surface area (Å²) in [6, 6.07) is -0.725. The summed E-state index contributed by atoms with van der Waals surface area (Å²) >= 11 is 0. The number of carbonyl (C=O) groups excluding carboxylic acids is 4. The molecule has 3 aliphatic carbocycles. The SMILES string of the molecule is NC(=O)C1=C(O)C[C@@H]2C[C@@H]3Cc4c(F)c5c(c(O)c4C(=O)C3=C(O)C2C1=O)NC(=O)[C@@H]1C[C@@H](O)CN1C5. The number of phenols is 1. The Kier molecular flexibility index (Phi) is 5.02. The number of carbonyl (C=O) groups is 4. The van der Waals surface area contributed by atoms with Gasteiger partial charge in [-0.3, -0.25) is 24.1 Å². The number of Topliss-reactive ketones (excluding diaryl/α,β-unsaturated/α-hetero) is 2. The minimum atomic E-state index is -1.28. The zero-order valence-electron chi connectivity index (χ0n) is 19.5. The average Bonchev–Trinajstić information content (AvgIpc) is 3.12. The number of anilines is 1. The van der Waals surface area contributed by atoms with Gasteiger partial charge in [-0.15, -0.1) is 0 Å². The molecule has 1 aromatic rings. The van der Waals surface area contributed by atoms with Gasteiger partial charge < -0.3 is 31.5 Å². The maximum Gasteiger partial charge on any atom is 0.255 e. The van der Waals surface area contributed by atoms with Gasteiger partial charge >= 0.3 is 0 Å². The fraction of sp³-hybridized carbons (Fsp3) is 0.440. The van der Waals surface area contributed by atoms with Crippen LogP contribution >= 0.6 is 0 Å². The Morgan fingerprint density at radius 2 is 1.81 bits per heavy atom. The van der Waals surface area contributed by atoms with E-state index in [2.05, 4.69) is 5.32 Å². The molecule has 194 valence electrons. The minimum Gasteiger partial charge on any atom is -0.511 e. The highest BCUT2D eigenvalue weighted by molar-refractivity contribution is 6.22. The fourth-order valence-corrected chi connectivity index (χ4v) is 6.81. The molecule has 1 saturated heterocycles. The molecule has 6 rings (SSSR count). The molecule has 0 aromatic heterocycles. The number of aliphatic hydroxyl groups is 3. The number of hydrogen-bond donors (Lipinski definition) is 6. The molecule has 37 heavy (non-hydrogen) atoms. The second-order valence-corrected chi connectivity index (χ2v) is 10.5. The summed E-state index contributed by atoms with van der Waals surface area (Å²) in [4.78, 5) is 52.7. The van der Waals surface area contributed by atoms with Gasteiger partial charge in [-0.25, -0.2) is 4.39 Å². The van der Waals surface area contributed by atoms with Gasteiger partial charge in [-0.2, -0.15) is 0 Å². The number of aromatic hydroxyl groups is 1.